The van der Waals surface area contributed by atoms with Crippen LogP contribution in [0.4, 0.5) is 5.69 Å². The molecule has 0 unspecified atom stereocenters. The molecule has 0 radical (unpaired) electrons. The maximum Gasteiger partial charge on any atom is 0.261 e. The number of aromatic nitrogens is 1. The van der Waals surface area contributed by atoms with Crippen LogP contribution < -0.4 is 14.4 Å². The largest absolute Gasteiger partial charge is 0.493 e. The van der Waals surface area contributed by atoms with Gasteiger partial charge in [-0.1, -0.05) is 35.3 Å². The first-order chi connectivity index (χ1) is 18.5. The molecule has 1 aliphatic carbocycles. The molecule has 1 aliphatic heterocycles. The van der Waals surface area contributed by atoms with Crippen molar-refractivity contribution in [1.82, 2.24) is 9.88 Å². The maximum absolute atomic E-state index is 12.8. The van der Waals surface area contributed by atoms with Crippen LogP contribution in [0.5, 0.6) is 11.5 Å². The fourth-order valence-electron chi connectivity index (χ4n) is 5.08. The normalized spacial score (nSPS) is 15.2. The highest BCUT2D eigenvalue weighted by atomic mass is 35.5. The summed E-state index contributed by atoms with van der Waals surface area (Å²) < 4.78 is 11.9. The van der Waals surface area contributed by atoms with Gasteiger partial charge >= 0.3 is 0 Å². The molecule has 5 rings (SSSR count). The lowest BCUT2D eigenvalue weighted by atomic mass is 10.1. The summed E-state index contributed by atoms with van der Waals surface area (Å²) in [6.45, 7) is 1.25. The van der Waals surface area contributed by atoms with E-state index in [1.54, 1.807) is 43.8 Å². The molecular formula is C29H29Cl2N3O4. The van der Waals surface area contributed by atoms with E-state index < -0.39 is 0 Å². The van der Waals surface area contributed by atoms with Crippen molar-refractivity contribution >= 4 is 40.7 Å². The summed E-state index contributed by atoms with van der Waals surface area (Å²) in [4.78, 5) is 33.2. The van der Waals surface area contributed by atoms with E-state index in [4.69, 9.17) is 32.7 Å². The Hall–Kier alpha value is -3.29. The first kappa shape index (κ1) is 26.3. The highest BCUT2D eigenvalue weighted by Gasteiger charge is 2.34. The summed E-state index contributed by atoms with van der Waals surface area (Å²) in [5.74, 6) is 0.851. The number of carbonyl (C=O) groups excluding carboxylic acids is 2. The van der Waals surface area contributed by atoms with Gasteiger partial charge in [0.2, 0.25) is 0 Å². The van der Waals surface area contributed by atoms with Crippen molar-refractivity contribution < 1.29 is 19.1 Å². The standard InChI is InChI=1S/C29H29Cl2N3O4/c1-37-26-12-11-19(15-27(26)38-20-7-2-3-8-20)33(18-23-24(30)16-32-17-25(23)31)13-6-14-34-28(35)21-9-4-5-10-22(21)29(34)36/h4-5,9-12,15-17,20H,2-3,6-8,13-14,18H2,1H3. The number of rotatable bonds is 10. The van der Waals surface area contributed by atoms with Crippen LogP contribution in [0.25, 0.3) is 0 Å². The first-order valence-corrected chi connectivity index (χ1v) is 13.5. The van der Waals surface area contributed by atoms with Gasteiger partial charge in [0, 0.05) is 49.3 Å². The average molecular weight is 554 g/mol. The Balaban J connectivity index is 1.38. The molecule has 0 atom stereocenters. The number of benzene rings is 2. The summed E-state index contributed by atoms with van der Waals surface area (Å²) in [6, 6.07) is 12.8. The Labute approximate surface area is 232 Å². The lowest BCUT2D eigenvalue weighted by Crippen LogP contribution is -2.33. The molecule has 198 valence electrons. The number of hydrogen-bond acceptors (Lipinski definition) is 6. The van der Waals surface area contributed by atoms with Gasteiger partial charge in [0.1, 0.15) is 0 Å². The highest BCUT2D eigenvalue weighted by Crippen LogP contribution is 2.36. The van der Waals surface area contributed by atoms with Gasteiger partial charge in [-0.15, -0.1) is 0 Å². The van der Waals surface area contributed by atoms with Gasteiger partial charge in [0.15, 0.2) is 11.5 Å². The molecule has 3 aromatic rings. The summed E-state index contributed by atoms with van der Waals surface area (Å²) in [5, 5.41) is 0.942. The summed E-state index contributed by atoms with van der Waals surface area (Å²) in [7, 11) is 1.63. The minimum Gasteiger partial charge on any atom is -0.493 e. The van der Waals surface area contributed by atoms with Crippen LogP contribution in [0.1, 0.15) is 58.4 Å². The van der Waals surface area contributed by atoms with Crippen LogP contribution in [-0.4, -0.2) is 48.0 Å². The first-order valence-electron chi connectivity index (χ1n) is 12.8. The fourth-order valence-corrected chi connectivity index (χ4v) is 5.57. The van der Waals surface area contributed by atoms with E-state index in [1.807, 2.05) is 18.2 Å². The number of ether oxygens (including phenoxy) is 2. The Morgan fingerprint density at radius 2 is 1.63 bits per heavy atom. The van der Waals surface area contributed by atoms with E-state index in [-0.39, 0.29) is 17.9 Å². The third-order valence-electron chi connectivity index (χ3n) is 7.10. The Morgan fingerprint density at radius 3 is 2.26 bits per heavy atom. The zero-order valence-electron chi connectivity index (χ0n) is 21.2. The van der Waals surface area contributed by atoms with Crippen LogP contribution in [0, 0.1) is 0 Å². The van der Waals surface area contributed by atoms with E-state index in [0.717, 1.165) is 36.9 Å². The molecule has 1 saturated carbocycles. The third-order valence-corrected chi connectivity index (χ3v) is 7.75. The van der Waals surface area contributed by atoms with E-state index in [9.17, 15) is 9.59 Å². The third kappa shape index (κ3) is 5.45. The number of fused-ring (bicyclic) bond motifs is 1. The Morgan fingerprint density at radius 1 is 0.974 bits per heavy atom. The number of halogens is 2. The van der Waals surface area contributed by atoms with Crippen molar-refractivity contribution in [2.24, 2.45) is 0 Å². The molecular weight excluding hydrogens is 525 g/mol. The number of anilines is 1. The SMILES string of the molecule is COc1ccc(N(CCCN2C(=O)c3ccccc3C2=O)Cc2c(Cl)cncc2Cl)cc1OC1CCCC1. The van der Waals surface area contributed by atoms with Crippen LogP contribution in [0.15, 0.2) is 54.9 Å². The fraction of sp³-hybridized carbons (Fsp3) is 0.345. The van der Waals surface area contributed by atoms with Crippen molar-refractivity contribution in [3.8, 4) is 11.5 Å². The van der Waals surface area contributed by atoms with Gasteiger partial charge in [-0.25, -0.2) is 0 Å². The zero-order chi connectivity index (χ0) is 26.6. The predicted molar refractivity (Wildman–Crippen MR) is 148 cm³/mol. The zero-order valence-corrected chi connectivity index (χ0v) is 22.7. The van der Waals surface area contributed by atoms with Crippen molar-refractivity contribution in [1.29, 1.82) is 0 Å². The molecule has 9 heteroatoms. The Bertz CT molecular complexity index is 1290. The van der Waals surface area contributed by atoms with Gasteiger partial charge in [-0.2, -0.15) is 0 Å². The molecule has 7 nitrogen and oxygen atoms in total. The number of amides is 2. The number of nitrogens with zero attached hydrogens (tertiary/aromatic N) is 3. The molecule has 2 heterocycles. The molecule has 1 fully saturated rings. The summed E-state index contributed by atoms with van der Waals surface area (Å²) in [5.41, 5.74) is 2.55. The number of pyridine rings is 1. The summed E-state index contributed by atoms with van der Waals surface area (Å²) >= 11 is 12.9. The second-order valence-corrected chi connectivity index (χ2v) is 10.3. The topological polar surface area (TPSA) is 72.0 Å². The van der Waals surface area contributed by atoms with E-state index in [2.05, 4.69) is 9.88 Å². The Kier molecular flexibility index (Phi) is 8.05. The number of methoxy groups -OCH3 is 1. The number of imide groups is 1. The van der Waals surface area contributed by atoms with Gasteiger partial charge < -0.3 is 14.4 Å². The van der Waals surface area contributed by atoms with E-state index in [0.29, 0.717) is 58.7 Å². The van der Waals surface area contributed by atoms with Crippen molar-refractivity contribution in [3.05, 3.63) is 81.6 Å². The molecule has 2 aliphatic rings. The van der Waals surface area contributed by atoms with Crippen LogP contribution in [0.3, 0.4) is 0 Å². The van der Waals surface area contributed by atoms with Gasteiger partial charge in [-0.3, -0.25) is 19.5 Å². The van der Waals surface area contributed by atoms with Gasteiger partial charge in [0.05, 0.1) is 34.4 Å². The molecule has 2 amide bonds. The lowest BCUT2D eigenvalue weighted by molar-refractivity contribution is 0.0653. The number of hydrogen-bond donors (Lipinski definition) is 0. The van der Waals surface area contributed by atoms with Gasteiger partial charge in [0.25, 0.3) is 11.8 Å². The molecule has 2 aromatic carbocycles. The minimum absolute atomic E-state index is 0.172. The number of carbonyl (C=O) groups is 2. The predicted octanol–water partition coefficient (Wildman–Crippen LogP) is 6.41. The van der Waals surface area contributed by atoms with Gasteiger partial charge in [-0.05, 0) is 56.4 Å². The van der Waals surface area contributed by atoms with E-state index >= 15 is 0 Å². The van der Waals surface area contributed by atoms with Crippen LogP contribution in [0.2, 0.25) is 10.0 Å². The summed E-state index contributed by atoms with van der Waals surface area (Å²) in [6.07, 6.45) is 8.25. The van der Waals surface area contributed by atoms with Crippen molar-refractivity contribution in [3.63, 3.8) is 0 Å². The van der Waals surface area contributed by atoms with Crippen molar-refractivity contribution in [2.45, 2.75) is 44.8 Å². The lowest BCUT2D eigenvalue weighted by Gasteiger charge is -2.28. The molecule has 38 heavy (non-hydrogen) atoms. The molecule has 0 N–H and O–H groups in total. The van der Waals surface area contributed by atoms with E-state index in [1.165, 1.54) is 4.90 Å². The second-order valence-electron chi connectivity index (χ2n) is 9.52. The monoisotopic (exact) mass is 553 g/mol. The molecule has 1 aromatic heterocycles. The highest BCUT2D eigenvalue weighted by molar-refractivity contribution is 6.35. The maximum atomic E-state index is 12.8. The van der Waals surface area contributed by atoms with Crippen LogP contribution in [-0.2, 0) is 6.54 Å². The van der Waals surface area contributed by atoms with Crippen molar-refractivity contribution in [2.75, 3.05) is 25.1 Å². The molecule has 0 saturated heterocycles. The second kappa shape index (κ2) is 11.6. The molecule has 0 bridgehead atoms. The molecule has 0 spiro atoms. The minimum atomic E-state index is -0.255. The van der Waals surface area contributed by atoms with Crippen LogP contribution >= 0.6 is 23.2 Å². The average Bonchev–Trinajstić information content (AvgIpc) is 3.52. The quantitative estimate of drug-likeness (QED) is 0.270. The smallest absolute Gasteiger partial charge is 0.261 e.